The highest BCUT2D eigenvalue weighted by atomic mass is 16.4. The number of carbonyl (C=O) groups excluding carboxylic acids is 1. The third-order valence-corrected chi connectivity index (χ3v) is 2.76. The molecule has 0 bridgehead atoms. The van der Waals surface area contributed by atoms with E-state index in [9.17, 15) is 9.59 Å². The van der Waals surface area contributed by atoms with Crippen molar-refractivity contribution < 1.29 is 19.8 Å². The zero-order valence-corrected chi connectivity index (χ0v) is 11.0. The van der Waals surface area contributed by atoms with Crippen LogP contribution >= 0.6 is 0 Å². The third-order valence-electron chi connectivity index (χ3n) is 2.76. The number of anilines is 1. The zero-order chi connectivity index (χ0) is 14.4. The lowest BCUT2D eigenvalue weighted by Crippen LogP contribution is -2.39. The molecule has 1 aromatic carbocycles. The summed E-state index contributed by atoms with van der Waals surface area (Å²) >= 11 is 0. The van der Waals surface area contributed by atoms with Crippen LogP contribution in [0.3, 0.4) is 0 Å². The largest absolute Gasteiger partial charge is 0.479 e. The van der Waals surface area contributed by atoms with Gasteiger partial charge in [-0.15, -0.1) is 0 Å². The van der Waals surface area contributed by atoms with Crippen molar-refractivity contribution in [2.24, 2.45) is 0 Å². The van der Waals surface area contributed by atoms with Crippen LogP contribution < -0.4 is 10.2 Å². The van der Waals surface area contributed by atoms with Gasteiger partial charge in [-0.3, -0.25) is 4.90 Å². The molecule has 3 N–H and O–H groups in total. The molecule has 6 nitrogen and oxygen atoms in total. The summed E-state index contributed by atoms with van der Waals surface area (Å²) in [6, 6.07) is 7.09. The predicted octanol–water partition coefficient (Wildman–Crippen LogP) is 0.976. The normalized spacial score (nSPS) is 11.7. The maximum absolute atomic E-state index is 11.8. The van der Waals surface area contributed by atoms with Crippen LogP contribution in [0, 0.1) is 6.92 Å². The van der Waals surface area contributed by atoms with Gasteiger partial charge >= 0.3 is 12.0 Å². The monoisotopic (exact) mass is 266 g/mol. The van der Waals surface area contributed by atoms with E-state index in [1.165, 1.54) is 4.90 Å². The average molecular weight is 266 g/mol. The number of carbonyl (C=O) groups is 2. The van der Waals surface area contributed by atoms with Crippen molar-refractivity contribution in [1.29, 1.82) is 0 Å². The Hall–Kier alpha value is -2.08. The molecule has 0 saturated carbocycles. The molecule has 0 aliphatic carbocycles. The summed E-state index contributed by atoms with van der Waals surface area (Å²) < 4.78 is 0. The lowest BCUT2D eigenvalue weighted by molar-refractivity contribution is -0.146. The smallest absolute Gasteiger partial charge is 0.332 e. The van der Waals surface area contributed by atoms with Gasteiger partial charge in [-0.05, 0) is 18.6 Å². The van der Waals surface area contributed by atoms with E-state index in [0.29, 0.717) is 0 Å². The van der Waals surface area contributed by atoms with Crippen LogP contribution in [0.15, 0.2) is 24.3 Å². The molecule has 0 radical (unpaired) electrons. The Morgan fingerprint density at radius 3 is 2.58 bits per heavy atom. The van der Waals surface area contributed by atoms with Crippen LogP contribution in [0.2, 0.25) is 0 Å². The third kappa shape index (κ3) is 4.26. The minimum Gasteiger partial charge on any atom is -0.479 e. The van der Waals surface area contributed by atoms with Crippen LogP contribution in [0.5, 0.6) is 0 Å². The summed E-state index contributed by atoms with van der Waals surface area (Å²) in [5.41, 5.74) is 1.74. The Labute approximate surface area is 111 Å². The first kappa shape index (κ1) is 15.0. The fraction of sp³-hybridized carbons (Fsp3) is 0.385. The number of aliphatic carboxylic acids is 1. The van der Waals surface area contributed by atoms with E-state index in [2.05, 4.69) is 5.32 Å². The molecule has 0 saturated heterocycles. The molecule has 104 valence electrons. The number of urea groups is 1. The molecule has 1 atom stereocenters. The minimum atomic E-state index is -1.45. The van der Waals surface area contributed by atoms with Gasteiger partial charge in [0.1, 0.15) is 0 Å². The number of hydrogen-bond acceptors (Lipinski definition) is 3. The quantitative estimate of drug-likeness (QED) is 0.741. The number of hydrogen-bond donors (Lipinski definition) is 3. The molecular formula is C13H18N2O4. The highest BCUT2D eigenvalue weighted by Crippen LogP contribution is 2.17. The second-order valence-electron chi connectivity index (χ2n) is 4.22. The number of aliphatic hydroxyl groups is 1. The maximum Gasteiger partial charge on any atom is 0.332 e. The van der Waals surface area contributed by atoms with Crippen molar-refractivity contribution >= 4 is 17.7 Å². The Balaban J connectivity index is 2.50. The van der Waals surface area contributed by atoms with Gasteiger partial charge in [0.15, 0.2) is 6.10 Å². The van der Waals surface area contributed by atoms with E-state index in [1.807, 2.05) is 31.2 Å². The van der Waals surface area contributed by atoms with Gasteiger partial charge in [0, 0.05) is 25.7 Å². The number of aliphatic hydroxyl groups excluding tert-OH is 1. The fourth-order valence-corrected chi connectivity index (χ4v) is 1.61. The van der Waals surface area contributed by atoms with E-state index >= 15 is 0 Å². The van der Waals surface area contributed by atoms with Crippen LogP contribution in [-0.4, -0.2) is 41.9 Å². The Morgan fingerprint density at radius 1 is 1.37 bits per heavy atom. The Bertz CT molecular complexity index is 462. The van der Waals surface area contributed by atoms with Crippen molar-refractivity contribution in [2.75, 3.05) is 18.5 Å². The Morgan fingerprint density at radius 2 is 2.00 bits per heavy atom. The van der Waals surface area contributed by atoms with E-state index in [-0.39, 0.29) is 19.0 Å². The molecule has 0 aromatic heterocycles. The van der Waals surface area contributed by atoms with Crippen molar-refractivity contribution in [1.82, 2.24) is 5.32 Å². The number of para-hydroxylation sites is 1. The summed E-state index contributed by atoms with van der Waals surface area (Å²) in [7, 11) is 1.63. The highest BCUT2D eigenvalue weighted by molar-refractivity contribution is 5.92. The first-order valence-corrected chi connectivity index (χ1v) is 5.91. The van der Waals surface area contributed by atoms with Gasteiger partial charge in [0.25, 0.3) is 0 Å². The second-order valence-corrected chi connectivity index (χ2v) is 4.22. The number of nitrogens with one attached hydrogen (secondary N) is 1. The second kappa shape index (κ2) is 6.75. The summed E-state index contributed by atoms with van der Waals surface area (Å²) in [6.45, 7) is 2.00. The van der Waals surface area contributed by atoms with Crippen molar-refractivity contribution in [3.05, 3.63) is 29.8 Å². The van der Waals surface area contributed by atoms with Crippen LogP contribution in [0.4, 0.5) is 10.5 Å². The first-order valence-electron chi connectivity index (χ1n) is 5.91. The molecule has 0 aliphatic heterocycles. The van der Waals surface area contributed by atoms with Crippen LogP contribution in [0.25, 0.3) is 0 Å². The molecule has 0 aliphatic rings. The van der Waals surface area contributed by atoms with E-state index in [4.69, 9.17) is 10.2 Å². The summed E-state index contributed by atoms with van der Waals surface area (Å²) in [5, 5.41) is 20.1. The summed E-state index contributed by atoms with van der Waals surface area (Å²) in [6.07, 6.45) is -1.48. The number of rotatable bonds is 5. The predicted molar refractivity (Wildman–Crippen MR) is 71.2 cm³/mol. The standard InChI is InChI=1S/C13H18N2O4/c1-9-5-3-4-6-10(9)15(2)13(19)14-8-7-11(16)12(17)18/h3-6,11,16H,7-8H2,1-2H3,(H,14,19)(H,17,18). The Kier molecular flexibility index (Phi) is 5.32. The fourth-order valence-electron chi connectivity index (χ4n) is 1.61. The highest BCUT2D eigenvalue weighted by Gasteiger charge is 2.15. The average Bonchev–Trinajstić information content (AvgIpc) is 2.38. The van der Waals surface area contributed by atoms with Crippen LogP contribution in [-0.2, 0) is 4.79 Å². The first-order chi connectivity index (χ1) is 8.93. The molecule has 6 heteroatoms. The minimum absolute atomic E-state index is 0.0251. The molecule has 19 heavy (non-hydrogen) atoms. The molecule has 2 amide bonds. The molecule has 0 heterocycles. The maximum atomic E-state index is 11.8. The van der Waals surface area contributed by atoms with E-state index in [1.54, 1.807) is 7.05 Å². The summed E-state index contributed by atoms with van der Waals surface area (Å²) in [4.78, 5) is 23.7. The van der Waals surface area contributed by atoms with Gasteiger partial charge in [-0.25, -0.2) is 9.59 Å². The molecular weight excluding hydrogens is 248 g/mol. The van der Waals surface area contributed by atoms with Gasteiger partial charge in [0.2, 0.25) is 0 Å². The van der Waals surface area contributed by atoms with Gasteiger partial charge in [-0.2, -0.15) is 0 Å². The van der Waals surface area contributed by atoms with Gasteiger partial charge < -0.3 is 15.5 Å². The van der Waals surface area contributed by atoms with Gasteiger partial charge in [0.05, 0.1) is 0 Å². The lowest BCUT2D eigenvalue weighted by atomic mass is 10.2. The number of benzene rings is 1. The number of carboxylic acid groups (broad SMARTS) is 1. The number of aryl methyl sites for hydroxylation is 1. The number of nitrogens with zero attached hydrogens (tertiary/aromatic N) is 1. The van der Waals surface area contributed by atoms with Crippen molar-refractivity contribution in [3.8, 4) is 0 Å². The number of amides is 2. The van der Waals surface area contributed by atoms with Crippen molar-refractivity contribution in [2.45, 2.75) is 19.4 Å². The van der Waals surface area contributed by atoms with E-state index in [0.717, 1.165) is 11.3 Å². The zero-order valence-electron chi connectivity index (χ0n) is 11.0. The topological polar surface area (TPSA) is 89.9 Å². The summed E-state index contributed by atoms with van der Waals surface area (Å²) in [5.74, 6) is -1.29. The molecule has 0 fully saturated rings. The van der Waals surface area contributed by atoms with Crippen LogP contribution in [0.1, 0.15) is 12.0 Å². The van der Waals surface area contributed by atoms with Gasteiger partial charge in [-0.1, -0.05) is 18.2 Å². The molecule has 0 spiro atoms. The van der Waals surface area contributed by atoms with Crippen molar-refractivity contribution in [3.63, 3.8) is 0 Å². The lowest BCUT2D eigenvalue weighted by Gasteiger charge is -2.20. The molecule has 1 rings (SSSR count). The van der Waals surface area contributed by atoms with E-state index < -0.39 is 12.1 Å². The molecule has 1 aromatic rings. The molecule has 1 unspecified atom stereocenters. The number of carboxylic acids is 1. The SMILES string of the molecule is Cc1ccccc1N(C)C(=O)NCCC(O)C(=O)O.